The monoisotopic (exact) mass is 337 g/mol. The van der Waals surface area contributed by atoms with E-state index in [0.29, 0.717) is 23.4 Å². The summed E-state index contributed by atoms with van der Waals surface area (Å²) in [7, 11) is 0. The minimum atomic E-state index is -1.80. The molecule has 4 nitrogen and oxygen atoms in total. The number of benzene rings is 2. The summed E-state index contributed by atoms with van der Waals surface area (Å²) < 4.78 is 0. The minimum Gasteiger partial charge on any atom is -0.375 e. The third kappa shape index (κ3) is 2.67. The molecular formula is C21H23NO3. The summed E-state index contributed by atoms with van der Waals surface area (Å²) in [5.41, 5.74) is 2.83. The van der Waals surface area contributed by atoms with E-state index in [9.17, 15) is 14.7 Å². The van der Waals surface area contributed by atoms with Gasteiger partial charge in [-0.2, -0.15) is 0 Å². The fourth-order valence-corrected chi connectivity index (χ4v) is 3.93. The van der Waals surface area contributed by atoms with Gasteiger partial charge in [-0.15, -0.1) is 0 Å². The fraction of sp³-hybridized carbons (Fsp3) is 0.333. The Balaban J connectivity index is 2.03. The number of nitrogens with zero attached hydrogens (tertiary/aromatic N) is 1. The van der Waals surface area contributed by atoms with E-state index < -0.39 is 11.5 Å². The van der Waals surface area contributed by atoms with Gasteiger partial charge < -0.3 is 10.0 Å². The summed E-state index contributed by atoms with van der Waals surface area (Å²) in [6.45, 7) is 8.07. The molecule has 2 aromatic carbocycles. The van der Waals surface area contributed by atoms with Crippen LogP contribution < -0.4 is 4.90 Å². The number of aryl methyl sites for hydroxylation is 3. The van der Waals surface area contributed by atoms with Crippen molar-refractivity contribution in [1.82, 2.24) is 0 Å². The van der Waals surface area contributed by atoms with Crippen molar-refractivity contribution < 1.29 is 14.7 Å². The number of fused-ring (bicyclic) bond motifs is 1. The lowest BCUT2D eigenvalue weighted by molar-refractivity contribution is -0.135. The smallest absolute Gasteiger partial charge is 0.264 e. The van der Waals surface area contributed by atoms with Crippen LogP contribution in [0.4, 0.5) is 5.69 Å². The molecule has 1 aliphatic heterocycles. The number of ketones is 1. The van der Waals surface area contributed by atoms with Gasteiger partial charge in [0.25, 0.3) is 5.91 Å². The van der Waals surface area contributed by atoms with Crippen LogP contribution in [0.1, 0.15) is 46.0 Å². The Labute approximate surface area is 148 Å². The Morgan fingerprint density at radius 1 is 1.12 bits per heavy atom. The van der Waals surface area contributed by atoms with E-state index in [4.69, 9.17) is 0 Å². The molecule has 1 unspecified atom stereocenters. The first kappa shape index (κ1) is 17.4. The van der Waals surface area contributed by atoms with E-state index in [2.05, 4.69) is 0 Å². The molecule has 0 spiro atoms. The van der Waals surface area contributed by atoms with Crippen molar-refractivity contribution in [2.75, 3.05) is 11.4 Å². The molecule has 0 saturated carbocycles. The second-order valence-corrected chi connectivity index (χ2v) is 6.80. The predicted octanol–water partition coefficient (Wildman–Crippen LogP) is 3.44. The maximum absolute atomic E-state index is 13.0. The lowest BCUT2D eigenvalue weighted by Crippen LogP contribution is -2.41. The topological polar surface area (TPSA) is 57.6 Å². The van der Waals surface area contributed by atoms with Gasteiger partial charge in [0.1, 0.15) is 0 Å². The first-order valence-electron chi connectivity index (χ1n) is 8.54. The molecule has 0 fully saturated rings. The second-order valence-electron chi connectivity index (χ2n) is 6.80. The van der Waals surface area contributed by atoms with Crippen molar-refractivity contribution in [3.63, 3.8) is 0 Å². The molecule has 0 aliphatic carbocycles. The van der Waals surface area contributed by atoms with Crippen LogP contribution in [0.25, 0.3) is 0 Å². The molecule has 1 N–H and O–H groups in total. The van der Waals surface area contributed by atoms with Gasteiger partial charge in [-0.05, 0) is 44.9 Å². The number of amides is 1. The zero-order valence-corrected chi connectivity index (χ0v) is 15.1. The minimum absolute atomic E-state index is 0.210. The third-order valence-corrected chi connectivity index (χ3v) is 4.93. The van der Waals surface area contributed by atoms with Crippen LogP contribution in [0.3, 0.4) is 0 Å². The van der Waals surface area contributed by atoms with Crippen molar-refractivity contribution in [2.45, 2.75) is 39.7 Å². The highest BCUT2D eigenvalue weighted by atomic mass is 16.3. The molecule has 2 aromatic rings. The summed E-state index contributed by atoms with van der Waals surface area (Å²) >= 11 is 0. The van der Waals surface area contributed by atoms with E-state index in [0.717, 1.165) is 16.7 Å². The van der Waals surface area contributed by atoms with E-state index in [1.807, 2.05) is 52.0 Å². The summed E-state index contributed by atoms with van der Waals surface area (Å²) in [6.07, 6.45) is -0.246. The number of hydrogen-bond donors (Lipinski definition) is 1. The molecule has 4 heteroatoms. The molecular weight excluding hydrogens is 314 g/mol. The average Bonchev–Trinajstić information content (AvgIpc) is 2.74. The van der Waals surface area contributed by atoms with Crippen molar-refractivity contribution >= 4 is 17.4 Å². The Morgan fingerprint density at radius 2 is 1.72 bits per heavy atom. The first-order valence-corrected chi connectivity index (χ1v) is 8.54. The number of hydrogen-bond acceptors (Lipinski definition) is 3. The van der Waals surface area contributed by atoms with Crippen molar-refractivity contribution in [3.8, 4) is 0 Å². The zero-order valence-electron chi connectivity index (χ0n) is 15.1. The number of carbonyl (C=O) groups excluding carboxylic acids is 2. The summed E-state index contributed by atoms with van der Waals surface area (Å²) in [4.78, 5) is 27.3. The molecule has 25 heavy (non-hydrogen) atoms. The first-order chi connectivity index (χ1) is 11.8. The number of aliphatic hydroxyl groups is 1. The largest absolute Gasteiger partial charge is 0.375 e. The van der Waals surface area contributed by atoms with Gasteiger partial charge in [0, 0.05) is 17.7 Å². The molecule has 1 heterocycles. The maximum atomic E-state index is 13.0. The zero-order chi connectivity index (χ0) is 18.4. The fourth-order valence-electron chi connectivity index (χ4n) is 3.93. The number of anilines is 1. The van der Waals surface area contributed by atoms with Gasteiger partial charge in [0.05, 0.1) is 12.1 Å². The maximum Gasteiger partial charge on any atom is 0.264 e. The van der Waals surface area contributed by atoms with E-state index in [1.54, 1.807) is 12.1 Å². The van der Waals surface area contributed by atoms with Gasteiger partial charge in [0.2, 0.25) is 0 Å². The van der Waals surface area contributed by atoms with Crippen LogP contribution in [-0.2, 0) is 10.4 Å². The Hall–Kier alpha value is -2.46. The van der Waals surface area contributed by atoms with Crippen molar-refractivity contribution in [1.29, 1.82) is 0 Å². The third-order valence-electron chi connectivity index (χ3n) is 4.93. The number of Topliss-reactive ketones (excluding diaryl/α,β-unsaturated/α-hetero) is 1. The molecule has 1 aliphatic rings. The van der Waals surface area contributed by atoms with Gasteiger partial charge in [-0.3, -0.25) is 9.59 Å². The van der Waals surface area contributed by atoms with Gasteiger partial charge in [-0.25, -0.2) is 0 Å². The normalized spacial score (nSPS) is 19.2. The van der Waals surface area contributed by atoms with Crippen LogP contribution in [0, 0.1) is 20.8 Å². The van der Waals surface area contributed by atoms with Crippen molar-refractivity contribution in [2.24, 2.45) is 0 Å². The van der Waals surface area contributed by atoms with E-state index >= 15 is 0 Å². The molecule has 1 amide bonds. The number of rotatable bonds is 4. The van der Waals surface area contributed by atoms with Crippen LogP contribution in [-0.4, -0.2) is 23.3 Å². The molecule has 0 radical (unpaired) electrons. The summed E-state index contributed by atoms with van der Waals surface area (Å²) in [6, 6.07) is 11.0. The highest BCUT2D eigenvalue weighted by molar-refractivity contribution is 6.11. The molecule has 130 valence electrons. The standard InChI is InChI=1S/C21H23NO3/c1-5-22-17-9-7-6-8-16(17)21(25,20(22)24)12-18(23)19-14(3)10-13(2)11-15(19)4/h6-11,25H,5,12H2,1-4H3. The Kier molecular flexibility index (Phi) is 4.25. The highest BCUT2D eigenvalue weighted by Gasteiger charge is 2.50. The second kappa shape index (κ2) is 6.12. The summed E-state index contributed by atoms with van der Waals surface area (Å²) in [5, 5.41) is 11.2. The number of para-hydroxylation sites is 1. The van der Waals surface area contributed by atoms with Gasteiger partial charge >= 0.3 is 0 Å². The van der Waals surface area contributed by atoms with E-state index in [1.165, 1.54) is 4.90 Å². The lowest BCUT2D eigenvalue weighted by Gasteiger charge is -2.23. The Morgan fingerprint density at radius 3 is 2.32 bits per heavy atom. The van der Waals surface area contributed by atoms with Crippen molar-refractivity contribution in [3.05, 3.63) is 64.2 Å². The number of carbonyl (C=O) groups is 2. The quantitative estimate of drug-likeness (QED) is 0.870. The summed E-state index contributed by atoms with van der Waals surface area (Å²) in [5.74, 6) is -0.634. The predicted molar refractivity (Wildman–Crippen MR) is 98.0 cm³/mol. The lowest BCUT2D eigenvalue weighted by atomic mass is 9.85. The van der Waals surface area contributed by atoms with Crippen LogP contribution >= 0.6 is 0 Å². The van der Waals surface area contributed by atoms with Gasteiger partial charge in [0.15, 0.2) is 11.4 Å². The highest BCUT2D eigenvalue weighted by Crippen LogP contribution is 2.42. The SMILES string of the molecule is CCN1C(=O)C(O)(CC(=O)c2c(C)cc(C)cc2C)c2ccccc21. The number of likely N-dealkylation sites (N-methyl/N-ethyl adjacent to an activating group) is 1. The molecule has 3 rings (SSSR count). The molecule has 0 bridgehead atoms. The molecule has 1 atom stereocenters. The molecule has 0 aromatic heterocycles. The average molecular weight is 337 g/mol. The van der Waals surface area contributed by atoms with E-state index in [-0.39, 0.29) is 12.2 Å². The van der Waals surface area contributed by atoms with Crippen LogP contribution in [0.5, 0.6) is 0 Å². The van der Waals surface area contributed by atoms with Crippen LogP contribution in [0.2, 0.25) is 0 Å². The Bertz CT molecular complexity index is 848. The van der Waals surface area contributed by atoms with Gasteiger partial charge in [-0.1, -0.05) is 35.9 Å². The molecule has 0 saturated heterocycles. The van der Waals surface area contributed by atoms with Crippen LogP contribution in [0.15, 0.2) is 36.4 Å².